The molecule has 4 nitrogen and oxygen atoms in total. The molecule has 0 spiro atoms. The highest BCUT2D eigenvalue weighted by Gasteiger charge is 2.24. The summed E-state index contributed by atoms with van der Waals surface area (Å²) in [5, 5.41) is 5.87. The van der Waals surface area contributed by atoms with Gasteiger partial charge in [-0.25, -0.2) is 0 Å². The Morgan fingerprint density at radius 3 is 2.80 bits per heavy atom. The van der Waals surface area contributed by atoms with Crippen LogP contribution < -0.4 is 10.6 Å². The Morgan fingerprint density at radius 2 is 2.10 bits per heavy atom. The second kappa shape index (κ2) is 8.95. The lowest BCUT2D eigenvalue weighted by Crippen LogP contribution is -2.42. The standard InChI is InChI=1S/C15H23N3O.ClH/c1-16-11-15(19)17-10-14-8-5-9-18(14)12-13-6-3-2-4-7-13;/h2-4,6-7,14,16H,5,8-12H2,1H3,(H,17,19);1H. The van der Waals surface area contributed by atoms with Crippen LogP contribution in [-0.2, 0) is 11.3 Å². The van der Waals surface area contributed by atoms with Gasteiger partial charge in [0.05, 0.1) is 6.54 Å². The van der Waals surface area contributed by atoms with Crippen molar-refractivity contribution >= 4 is 18.3 Å². The summed E-state index contributed by atoms with van der Waals surface area (Å²) in [7, 11) is 1.79. The lowest BCUT2D eigenvalue weighted by Gasteiger charge is -2.24. The van der Waals surface area contributed by atoms with Gasteiger partial charge in [0.15, 0.2) is 0 Å². The van der Waals surface area contributed by atoms with E-state index in [2.05, 4.69) is 39.8 Å². The fourth-order valence-corrected chi connectivity index (χ4v) is 2.61. The highest BCUT2D eigenvalue weighted by atomic mass is 35.5. The van der Waals surface area contributed by atoms with Gasteiger partial charge in [-0.2, -0.15) is 0 Å². The fraction of sp³-hybridized carbons (Fsp3) is 0.533. The first-order valence-electron chi connectivity index (χ1n) is 6.99. The third kappa shape index (κ3) is 5.12. The topological polar surface area (TPSA) is 44.4 Å². The summed E-state index contributed by atoms with van der Waals surface area (Å²) in [5.41, 5.74) is 1.34. The van der Waals surface area contributed by atoms with Crippen molar-refractivity contribution in [3.05, 3.63) is 35.9 Å². The number of likely N-dealkylation sites (tertiary alicyclic amines) is 1. The van der Waals surface area contributed by atoms with Crippen molar-refractivity contribution in [2.75, 3.05) is 26.7 Å². The molecule has 1 unspecified atom stereocenters. The molecule has 2 rings (SSSR count). The van der Waals surface area contributed by atoms with Crippen molar-refractivity contribution in [1.29, 1.82) is 0 Å². The smallest absolute Gasteiger partial charge is 0.234 e. The molecule has 1 aromatic carbocycles. The Hall–Kier alpha value is -1.10. The molecule has 0 bridgehead atoms. The van der Waals surface area contributed by atoms with E-state index in [0.717, 1.165) is 19.6 Å². The molecule has 20 heavy (non-hydrogen) atoms. The molecule has 1 heterocycles. The molecule has 1 atom stereocenters. The third-order valence-corrected chi connectivity index (χ3v) is 3.60. The molecule has 0 aliphatic carbocycles. The van der Waals surface area contributed by atoms with Crippen LogP contribution in [0.2, 0.25) is 0 Å². The van der Waals surface area contributed by atoms with Gasteiger partial charge in [-0.05, 0) is 32.0 Å². The molecular weight excluding hydrogens is 274 g/mol. The molecular formula is C15H24ClN3O. The minimum Gasteiger partial charge on any atom is -0.353 e. The lowest BCUT2D eigenvalue weighted by molar-refractivity contribution is -0.120. The van der Waals surface area contributed by atoms with E-state index in [4.69, 9.17) is 0 Å². The summed E-state index contributed by atoms with van der Waals surface area (Å²) in [5.74, 6) is 0.0778. The van der Waals surface area contributed by atoms with Gasteiger partial charge in [0.25, 0.3) is 0 Å². The van der Waals surface area contributed by atoms with Crippen LogP contribution in [0.3, 0.4) is 0 Å². The quantitative estimate of drug-likeness (QED) is 0.834. The molecule has 1 aliphatic heterocycles. The minimum absolute atomic E-state index is 0. The van der Waals surface area contributed by atoms with Gasteiger partial charge >= 0.3 is 0 Å². The second-order valence-corrected chi connectivity index (χ2v) is 5.09. The summed E-state index contributed by atoms with van der Waals surface area (Å²) >= 11 is 0. The average molecular weight is 298 g/mol. The molecule has 1 saturated heterocycles. The molecule has 2 N–H and O–H groups in total. The van der Waals surface area contributed by atoms with Crippen LogP contribution in [0.5, 0.6) is 0 Å². The minimum atomic E-state index is 0. The first kappa shape index (κ1) is 17.0. The Balaban J connectivity index is 0.00000200. The molecule has 1 aliphatic rings. The predicted molar refractivity (Wildman–Crippen MR) is 84.1 cm³/mol. The van der Waals surface area contributed by atoms with E-state index < -0.39 is 0 Å². The maximum atomic E-state index is 11.5. The summed E-state index contributed by atoms with van der Waals surface area (Å²) in [6.45, 7) is 3.26. The SMILES string of the molecule is CNCC(=O)NCC1CCCN1Cc1ccccc1.Cl. The Kier molecular flexibility index (Phi) is 7.59. The highest BCUT2D eigenvalue weighted by molar-refractivity contribution is 5.85. The van der Waals surface area contributed by atoms with Gasteiger partial charge in [0, 0.05) is 19.1 Å². The number of carbonyl (C=O) groups is 1. The zero-order chi connectivity index (χ0) is 13.5. The van der Waals surface area contributed by atoms with E-state index in [1.165, 1.54) is 18.4 Å². The third-order valence-electron chi connectivity index (χ3n) is 3.60. The van der Waals surface area contributed by atoms with Gasteiger partial charge in [-0.3, -0.25) is 9.69 Å². The number of rotatable bonds is 6. The average Bonchev–Trinajstić information content (AvgIpc) is 2.85. The number of nitrogens with one attached hydrogen (secondary N) is 2. The number of carbonyl (C=O) groups excluding carboxylic acids is 1. The van der Waals surface area contributed by atoms with Crippen LogP contribution in [0.4, 0.5) is 0 Å². The molecule has 0 radical (unpaired) electrons. The maximum absolute atomic E-state index is 11.5. The summed E-state index contributed by atoms with van der Waals surface area (Å²) in [6.07, 6.45) is 2.39. The summed E-state index contributed by atoms with van der Waals surface area (Å²) in [4.78, 5) is 13.9. The highest BCUT2D eigenvalue weighted by Crippen LogP contribution is 2.19. The number of halogens is 1. The van der Waals surface area contributed by atoms with E-state index in [1.54, 1.807) is 7.05 Å². The Bertz CT molecular complexity index is 399. The van der Waals surface area contributed by atoms with Gasteiger partial charge in [0.2, 0.25) is 5.91 Å². The van der Waals surface area contributed by atoms with Crippen molar-refractivity contribution in [1.82, 2.24) is 15.5 Å². The number of benzene rings is 1. The van der Waals surface area contributed by atoms with Gasteiger partial charge < -0.3 is 10.6 Å². The molecule has 112 valence electrons. The Labute approximate surface area is 127 Å². The van der Waals surface area contributed by atoms with Crippen molar-refractivity contribution < 1.29 is 4.79 Å². The lowest BCUT2D eigenvalue weighted by atomic mass is 10.2. The summed E-state index contributed by atoms with van der Waals surface area (Å²) in [6, 6.07) is 11.0. The zero-order valence-corrected chi connectivity index (χ0v) is 12.8. The Morgan fingerprint density at radius 1 is 1.35 bits per heavy atom. The fourth-order valence-electron chi connectivity index (χ4n) is 2.61. The van der Waals surface area contributed by atoms with Crippen molar-refractivity contribution in [2.45, 2.75) is 25.4 Å². The van der Waals surface area contributed by atoms with E-state index >= 15 is 0 Å². The number of nitrogens with zero attached hydrogens (tertiary/aromatic N) is 1. The van der Waals surface area contributed by atoms with Crippen molar-refractivity contribution in [3.8, 4) is 0 Å². The first-order chi connectivity index (χ1) is 9.29. The van der Waals surface area contributed by atoms with Gasteiger partial charge in [0.1, 0.15) is 0 Å². The molecule has 1 aromatic rings. The van der Waals surface area contributed by atoms with Crippen LogP contribution in [0.25, 0.3) is 0 Å². The normalized spacial score (nSPS) is 18.6. The zero-order valence-electron chi connectivity index (χ0n) is 12.0. The van der Waals surface area contributed by atoms with Gasteiger partial charge in [-0.15, -0.1) is 12.4 Å². The summed E-state index contributed by atoms with van der Waals surface area (Å²) < 4.78 is 0. The number of amides is 1. The largest absolute Gasteiger partial charge is 0.353 e. The van der Waals surface area contributed by atoms with Crippen LogP contribution >= 0.6 is 12.4 Å². The molecule has 5 heteroatoms. The molecule has 1 amide bonds. The second-order valence-electron chi connectivity index (χ2n) is 5.09. The van der Waals surface area contributed by atoms with E-state index in [0.29, 0.717) is 12.6 Å². The van der Waals surface area contributed by atoms with Crippen LogP contribution in [0.1, 0.15) is 18.4 Å². The van der Waals surface area contributed by atoms with E-state index in [-0.39, 0.29) is 18.3 Å². The van der Waals surface area contributed by atoms with Gasteiger partial charge in [-0.1, -0.05) is 30.3 Å². The number of likely N-dealkylation sites (N-methyl/N-ethyl adjacent to an activating group) is 1. The molecule has 1 fully saturated rings. The van der Waals surface area contributed by atoms with Crippen molar-refractivity contribution in [2.24, 2.45) is 0 Å². The van der Waals surface area contributed by atoms with Crippen LogP contribution in [-0.4, -0.2) is 43.5 Å². The maximum Gasteiger partial charge on any atom is 0.234 e. The van der Waals surface area contributed by atoms with Crippen LogP contribution in [0.15, 0.2) is 30.3 Å². The van der Waals surface area contributed by atoms with Crippen molar-refractivity contribution in [3.63, 3.8) is 0 Å². The molecule has 0 saturated carbocycles. The molecule has 0 aromatic heterocycles. The number of hydrogen-bond donors (Lipinski definition) is 2. The van der Waals surface area contributed by atoms with E-state index in [1.807, 2.05) is 6.07 Å². The predicted octanol–water partition coefficient (Wildman–Crippen LogP) is 1.41. The first-order valence-corrected chi connectivity index (χ1v) is 6.99. The van der Waals surface area contributed by atoms with E-state index in [9.17, 15) is 4.79 Å². The number of hydrogen-bond acceptors (Lipinski definition) is 3. The van der Waals surface area contributed by atoms with Crippen LogP contribution in [0, 0.1) is 0 Å². The monoisotopic (exact) mass is 297 g/mol.